The van der Waals surface area contributed by atoms with Crippen molar-refractivity contribution in [3.05, 3.63) is 41.8 Å². The fraction of sp³-hybridized carbons (Fsp3) is 0. The zero-order chi connectivity index (χ0) is 10.7. The van der Waals surface area contributed by atoms with E-state index in [2.05, 4.69) is 15.0 Å². The van der Waals surface area contributed by atoms with Crippen LogP contribution in [0.1, 0.15) is 0 Å². The Labute approximate surface area is 94.7 Å². The minimum absolute atomic E-state index is 0.0351. The molecule has 0 radical (unpaired) electrons. The van der Waals surface area contributed by atoms with Crippen LogP contribution >= 0.6 is 23.4 Å². The van der Waals surface area contributed by atoms with E-state index in [9.17, 15) is 4.39 Å². The zero-order valence-electron chi connectivity index (χ0n) is 7.39. The number of pyridine rings is 1. The third kappa shape index (κ3) is 2.64. The van der Waals surface area contributed by atoms with E-state index in [4.69, 9.17) is 11.6 Å². The first-order valence-corrected chi connectivity index (χ1v) is 5.21. The van der Waals surface area contributed by atoms with E-state index in [-0.39, 0.29) is 10.3 Å². The summed E-state index contributed by atoms with van der Waals surface area (Å²) in [6.45, 7) is 0. The third-order valence-corrected chi connectivity index (χ3v) is 2.72. The molecule has 0 unspecified atom stereocenters. The summed E-state index contributed by atoms with van der Waals surface area (Å²) in [5, 5.41) is 0.245. The maximum atomic E-state index is 13.2. The summed E-state index contributed by atoms with van der Waals surface area (Å²) in [6.07, 6.45) is 4.31. The number of nitrogens with zero attached hydrogens (tertiary/aromatic N) is 3. The minimum Gasteiger partial charge on any atom is -0.265 e. The Morgan fingerprint density at radius 3 is 2.73 bits per heavy atom. The van der Waals surface area contributed by atoms with Crippen molar-refractivity contribution in [2.24, 2.45) is 0 Å². The van der Waals surface area contributed by atoms with Gasteiger partial charge in [0, 0.05) is 17.3 Å². The molecule has 0 N–H and O–H groups in total. The smallest absolute Gasteiger partial charge is 0.223 e. The van der Waals surface area contributed by atoms with Gasteiger partial charge in [-0.05, 0) is 23.7 Å². The molecule has 2 heterocycles. The average molecular weight is 242 g/mol. The van der Waals surface area contributed by atoms with Crippen molar-refractivity contribution in [1.29, 1.82) is 0 Å². The molecule has 76 valence electrons. The maximum Gasteiger partial charge on any atom is 0.223 e. The lowest BCUT2D eigenvalue weighted by Gasteiger charge is -2.01. The van der Waals surface area contributed by atoms with E-state index >= 15 is 0 Å². The van der Waals surface area contributed by atoms with Crippen molar-refractivity contribution in [1.82, 2.24) is 15.0 Å². The van der Waals surface area contributed by atoms with Gasteiger partial charge in [-0.1, -0.05) is 11.8 Å². The summed E-state index contributed by atoms with van der Waals surface area (Å²) < 4.78 is 13.2. The Morgan fingerprint density at radius 2 is 2.00 bits per heavy atom. The maximum absolute atomic E-state index is 13.2. The molecule has 0 saturated carbocycles. The molecule has 0 amide bonds. The minimum atomic E-state index is -0.485. The Hall–Kier alpha value is -1.20. The van der Waals surface area contributed by atoms with Crippen molar-refractivity contribution >= 4 is 23.4 Å². The average Bonchev–Trinajstić information content (AvgIpc) is 2.25. The predicted molar refractivity (Wildman–Crippen MR) is 55.4 cm³/mol. The van der Waals surface area contributed by atoms with Crippen LogP contribution in [0.5, 0.6) is 0 Å². The zero-order valence-corrected chi connectivity index (χ0v) is 8.96. The van der Waals surface area contributed by atoms with Crippen molar-refractivity contribution in [3.63, 3.8) is 0 Å². The van der Waals surface area contributed by atoms with Gasteiger partial charge in [-0.15, -0.1) is 0 Å². The molecular weight excluding hydrogens is 237 g/mol. The molecular formula is C9H5ClFN3S. The lowest BCUT2D eigenvalue weighted by molar-refractivity contribution is 0.579. The van der Waals surface area contributed by atoms with Gasteiger partial charge in [0.05, 0.1) is 6.20 Å². The highest BCUT2D eigenvalue weighted by Gasteiger charge is 2.07. The number of aromatic nitrogens is 3. The van der Waals surface area contributed by atoms with Gasteiger partial charge in [-0.3, -0.25) is 4.98 Å². The van der Waals surface area contributed by atoms with Gasteiger partial charge in [0.25, 0.3) is 0 Å². The van der Waals surface area contributed by atoms with Crippen molar-refractivity contribution in [3.8, 4) is 0 Å². The van der Waals surface area contributed by atoms with E-state index in [1.165, 1.54) is 11.8 Å². The highest BCUT2D eigenvalue weighted by molar-refractivity contribution is 7.99. The Morgan fingerprint density at radius 1 is 1.27 bits per heavy atom. The standard InChI is InChI=1S/C9H5ClFN3S/c10-9-13-5-7(11)8(14-9)15-6-1-3-12-4-2-6/h1-5H. The monoisotopic (exact) mass is 241 g/mol. The predicted octanol–water partition coefficient (Wildman–Crippen LogP) is 2.82. The van der Waals surface area contributed by atoms with Gasteiger partial charge in [-0.2, -0.15) is 0 Å². The summed E-state index contributed by atoms with van der Waals surface area (Å²) in [5.74, 6) is -0.485. The molecule has 3 nitrogen and oxygen atoms in total. The molecule has 15 heavy (non-hydrogen) atoms. The molecule has 6 heteroatoms. The largest absolute Gasteiger partial charge is 0.265 e. The van der Waals surface area contributed by atoms with Crippen molar-refractivity contribution in [2.45, 2.75) is 9.92 Å². The van der Waals surface area contributed by atoms with Crippen molar-refractivity contribution < 1.29 is 4.39 Å². The lowest BCUT2D eigenvalue weighted by Crippen LogP contribution is -1.90. The Bertz CT molecular complexity index is 466. The molecule has 0 atom stereocenters. The van der Waals surface area contributed by atoms with Crippen LogP contribution in [0.3, 0.4) is 0 Å². The molecule has 0 saturated heterocycles. The first-order valence-electron chi connectivity index (χ1n) is 4.01. The van der Waals surface area contributed by atoms with E-state index in [1.807, 2.05) is 0 Å². The van der Waals surface area contributed by atoms with E-state index in [0.29, 0.717) is 0 Å². The van der Waals surface area contributed by atoms with Gasteiger partial charge in [-0.25, -0.2) is 14.4 Å². The molecule has 0 aliphatic rings. The van der Waals surface area contributed by atoms with Crippen LogP contribution < -0.4 is 0 Å². The molecule has 0 aromatic carbocycles. The van der Waals surface area contributed by atoms with Crippen LogP contribution in [-0.2, 0) is 0 Å². The molecule has 2 aromatic rings. The fourth-order valence-electron chi connectivity index (χ4n) is 0.921. The Kier molecular flexibility index (Phi) is 3.13. The topological polar surface area (TPSA) is 38.7 Å². The number of hydrogen-bond acceptors (Lipinski definition) is 4. The second kappa shape index (κ2) is 4.55. The highest BCUT2D eigenvalue weighted by Crippen LogP contribution is 2.27. The number of rotatable bonds is 2. The molecule has 0 spiro atoms. The number of halogens is 2. The van der Waals surface area contributed by atoms with Gasteiger partial charge >= 0.3 is 0 Å². The summed E-state index contributed by atoms with van der Waals surface area (Å²) in [7, 11) is 0. The van der Waals surface area contributed by atoms with Crippen LogP contribution in [0.15, 0.2) is 40.6 Å². The summed E-state index contributed by atoms with van der Waals surface area (Å²) in [4.78, 5) is 12.0. The van der Waals surface area contributed by atoms with Crippen LogP contribution in [-0.4, -0.2) is 15.0 Å². The van der Waals surface area contributed by atoms with Gasteiger partial charge < -0.3 is 0 Å². The SMILES string of the molecule is Fc1cnc(Cl)nc1Sc1ccncc1. The summed E-state index contributed by atoms with van der Waals surface area (Å²) in [5.41, 5.74) is 0. The molecule has 0 fully saturated rings. The summed E-state index contributed by atoms with van der Waals surface area (Å²) >= 11 is 6.75. The normalized spacial score (nSPS) is 10.3. The van der Waals surface area contributed by atoms with Crippen LogP contribution in [0.2, 0.25) is 5.28 Å². The van der Waals surface area contributed by atoms with E-state index < -0.39 is 5.82 Å². The molecule has 0 aliphatic carbocycles. The Balaban J connectivity index is 2.28. The van der Waals surface area contributed by atoms with Gasteiger partial charge in [0.1, 0.15) is 5.03 Å². The quantitative estimate of drug-likeness (QED) is 0.599. The molecule has 2 rings (SSSR count). The van der Waals surface area contributed by atoms with Crippen LogP contribution in [0, 0.1) is 5.82 Å². The van der Waals surface area contributed by atoms with Crippen LogP contribution in [0.25, 0.3) is 0 Å². The van der Waals surface area contributed by atoms with Crippen LogP contribution in [0.4, 0.5) is 4.39 Å². The molecule has 0 aliphatic heterocycles. The highest BCUT2D eigenvalue weighted by atomic mass is 35.5. The second-order valence-electron chi connectivity index (χ2n) is 2.58. The molecule has 0 bridgehead atoms. The lowest BCUT2D eigenvalue weighted by atomic mass is 10.5. The molecule has 2 aromatic heterocycles. The number of hydrogen-bond donors (Lipinski definition) is 0. The van der Waals surface area contributed by atoms with E-state index in [1.54, 1.807) is 24.5 Å². The van der Waals surface area contributed by atoms with Crippen molar-refractivity contribution in [2.75, 3.05) is 0 Å². The first kappa shape index (κ1) is 10.3. The first-order chi connectivity index (χ1) is 7.25. The fourth-order valence-corrected chi connectivity index (χ4v) is 1.87. The third-order valence-electron chi connectivity index (χ3n) is 1.55. The second-order valence-corrected chi connectivity index (χ2v) is 3.98. The summed E-state index contributed by atoms with van der Waals surface area (Å²) in [6, 6.07) is 3.53. The van der Waals surface area contributed by atoms with Gasteiger partial charge in [0.15, 0.2) is 5.82 Å². The van der Waals surface area contributed by atoms with Gasteiger partial charge in [0.2, 0.25) is 5.28 Å². The van der Waals surface area contributed by atoms with E-state index in [0.717, 1.165) is 11.1 Å².